The van der Waals surface area contributed by atoms with Crippen molar-refractivity contribution in [3.8, 4) is 6.07 Å². The molecule has 9 nitrogen and oxygen atoms in total. The van der Waals surface area contributed by atoms with E-state index in [0.29, 0.717) is 18.5 Å². The van der Waals surface area contributed by atoms with Gasteiger partial charge in [0.25, 0.3) is 5.69 Å². The lowest BCUT2D eigenvalue weighted by Gasteiger charge is -2.31. The van der Waals surface area contributed by atoms with Gasteiger partial charge in [0.2, 0.25) is 5.91 Å². The average Bonchev–Trinajstić information content (AvgIpc) is 3.11. The summed E-state index contributed by atoms with van der Waals surface area (Å²) in [5.41, 5.74) is 0.577. The van der Waals surface area contributed by atoms with E-state index in [1.807, 2.05) is 6.07 Å². The molecule has 4 atom stereocenters. The molecule has 2 amide bonds. The maximum atomic E-state index is 12.6. The van der Waals surface area contributed by atoms with Crippen molar-refractivity contribution in [2.75, 3.05) is 13.1 Å². The number of thiol groups is 2. The molecule has 1 N–H and O–H groups in total. The summed E-state index contributed by atoms with van der Waals surface area (Å²) in [6, 6.07) is 7.23. The molecular weight excluding hydrogens is 416 g/mol. The third kappa shape index (κ3) is 6.01. The van der Waals surface area contributed by atoms with Gasteiger partial charge in [0.15, 0.2) is 0 Å². The van der Waals surface area contributed by atoms with E-state index in [-0.39, 0.29) is 36.0 Å². The molecule has 1 aromatic rings. The minimum absolute atomic E-state index is 0.0350. The van der Waals surface area contributed by atoms with Gasteiger partial charge in [0.05, 0.1) is 11.0 Å². The highest BCUT2D eigenvalue weighted by Gasteiger charge is 2.41. The van der Waals surface area contributed by atoms with Crippen LogP contribution in [0.2, 0.25) is 0 Å². The first kappa shape index (κ1) is 22.8. The largest absolute Gasteiger partial charge is 0.445 e. The van der Waals surface area contributed by atoms with Crippen molar-refractivity contribution in [2.24, 2.45) is 5.92 Å². The summed E-state index contributed by atoms with van der Waals surface area (Å²) in [6.45, 7) is 1.92. The second-order valence-electron chi connectivity index (χ2n) is 6.74. The zero-order chi connectivity index (χ0) is 21.6. The first-order valence-electron chi connectivity index (χ1n) is 8.92. The molecule has 1 aliphatic heterocycles. The van der Waals surface area contributed by atoms with Gasteiger partial charge >= 0.3 is 6.09 Å². The highest BCUT2D eigenvalue weighted by atomic mass is 32.1. The molecule has 1 fully saturated rings. The number of likely N-dealkylation sites (tertiary alicyclic amines) is 1. The van der Waals surface area contributed by atoms with Crippen LogP contribution in [0.25, 0.3) is 0 Å². The number of carbonyl (C=O) groups is 2. The van der Waals surface area contributed by atoms with Gasteiger partial charge in [-0.3, -0.25) is 14.9 Å². The number of hydrogen-bond donors (Lipinski definition) is 3. The number of rotatable bonds is 7. The first-order chi connectivity index (χ1) is 13.7. The summed E-state index contributed by atoms with van der Waals surface area (Å²) < 4.78 is 5.35. The summed E-state index contributed by atoms with van der Waals surface area (Å²) in [5.74, 6) is -0.839. The molecule has 2 rings (SSSR count). The number of ether oxygens (including phenoxy) is 1. The lowest BCUT2D eigenvalue weighted by atomic mass is 9.98. The molecule has 0 bridgehead atoms. The Bertz CT molecular complexity index is 798. The van der Waals surface area contributed by atoms with E-state index in [4.69, 9.17) is 10.00 Å². The van der Waals surface area contributed by atoms with Crippen LogP contribution in [0.15, 0.2) is 24.3 Å². The minimum atomic E-state index is -0.561. The van der Waals surface area contributed by atoms with Crippen molar-refractivity contribution < 1.29 is 19.2 Å². The quantitative estimate of drug-likeness (QED) is 0.259. The molecule has 1 aromatic carbocycles. The number of nitriles is 1. The van der Waals surface area contributed by atoms with Crippen molar-refractivity contribution in [1.29, 1.82) is 5.26 Å². The van der Waals surface area contributed by atoms with Crippen LogP contribution in [0.1, 0.15) is 18.9 Å². The van der Waals surface area contributed by atoms with Crippen LogP contribution >= 0.6 is 25.3 Å². The van der Waals surface area contributed by atoms with Crippen LogP contribution in [0.5, 0.6) is 0 Å². The summed E-state index contributed by atoms with van der Waals surface area (Å²) >= 11 is 9.01. The fraction of sp³-hybridized carbons (Fsp3) is 0.500. The van der Waals surface area contributed by atoms with E-state index in [0.717, 1.165) is 0 Å². The number of nitro groups is 1. The molecule has 0 radical (unpaired) electrons. The maximum absolute atomic E-state index is 12.6. The Balaban J connectivity index is 1.99. The van der Waals surface area contributed by atoms with Crippen LogP contribution < -0.4 is 5.32 Å². The van der Waals surface area contributed by atoms with Gasteiger partial charge in [-0.2, -0.15) is 30.5 Å². The Hall–Kier alpha value is -2.45. The van der Waals surface area contributed by atoms with E-state index in [1.165, 1.54) is 29.2 Å². The van der Waals surface area contributed by atoms with Crippen molar-refractivity contribution in [3.63, 3.8) is 0 Å². The predicted octanol–water partition coefficient (Wildman–Crippen LogP) is 2.18. The monoisotopic (exact) mass is 438 g/mol. The summed E-state index contributed by atoms with van der Waals surface area (Å²) in [6.07, 6.45) is -0.00616. The topological polar surface area (TPSA) is 126 Å². The van der Waals surface area contributed by atoms with Crippen molar-refractivity contribution in [2.45, 2.75) is 36.5 Å². The van der Waals surface area contributed by atoms with Crippen molar-refractivity contribution >= 4 is 42.9 Å². The lowest BCUT2D eigenvalue weighted by Crippen LogP contribution is -2.46. The summed E-state index contributed by atoms with van der Waals surface area (Å²) in [7, 11) is 0. The fourth-order valence-corrected chi connectivity index (χ4v) is 3.90. The smallest absolute Gasteiger partial charge is 0.410 e. The molecule has 1 aliphatic rings. The van der Waals surface area contributed by atoms with Gasteiger partial charge < -0.3 is 15.0 Å². The third-order valence-electron chi connectivity index (χ3n) is 4.73. The molecule has 0 aromatic heterocycles. The number of non-ortho nitro benzene ring substituents is 1. The summed E-state index contributed by atoms with van der Waals surface area (Å²) in [4.78, 5) is 36.4. The molecule has 1 saturated heterocycles. The molecule has 11 heteroatoms. The first-order valence-corrected chi connectivity index (χ1v) is 9.95. The minimum Gasteiger partial charge on any atom is -0.445 e. The Morgan fingerprint density at radius 1 is 1.45 bits per heavy atom. The SMILES string of the molecule is CC(C(=O)NCC#N)C(S)[C@@H]1C[C@H](S)CN1C(=O)OCc1ccc([N+](=O)[O-])cc1. The van der Waals surface area contributed by atoms with Gasteiger partial charge in [-0.25, -0.2) is 4.79 Å². The Labute approximate surface area is 179 Å². The number of amides is 2. The summed E-state index contributed by atoms with van der Waals surface area (Å²) in [5, 5.41) is 21.3. The van der Waals surface area contributed by atoms with Crippen molar-refractivity contribution in [3.05, 3.63) is 39.9 Å². The van der Waals surface area contributed by atoms with Crippen LogP contribution in [0.4, 0.5) is 10.5 Å². The van der Waals surface area contributed by atoms with Gasteiger partial charge in [0, 0.05) is 41.1 Å². The molecule has 156 valence electrons. The molecule has 2 unspecified atom stereocenters. The van der Waals surface area contributed by atoms with Gasteiger partial charge in [-0.1, -0.05) is 6.92 Å². The molecule has 1 heterocycles. The Kier molecular flexibility index (Phi) is 8.16. The normalized spacial score (nSPS) is 20.4. The standard InChI is InChI=1S/C18H22N4O5S2/c1-11(17(23)20-7-6-19)16(29)15-8-14(28)9-21(15)18(24)27-10-12-2-4-13(5-3-12)22(25)26/h2-5,11,14-16,28-29H,7-10H2,1H3,(H,20,23)/t11?,14-,15-,16?/m0/s1. The second kappa shape index (κ2) is 10.4. The second-order valence-corrected chi connectivity index (χ2v) is 8.07. The van der Waals surface area contributed by atoms with Crippen LogP contribution in [-0.4, -0.2) is 51.5 Å². The van der Waals surface area contributed by atoms with E-state index in [9.17, 15) is 19.7 Å². The zero-order valence-electron chi connectivity index (χ0n) is 15.7. The predicted molar refractivity (Wildman–Crippen MR) is 112 cm³/mol. The van der Waals surface area contributed by atoms with Gasteiger partial charge in [-0.05, 0) is 24.1 Å². The molecule has 0 aliphatic carbocycles. The van der Waals surface area contributed by atoms with Gasteiger partial charge in [0.1, 0.15) is 13.2 Å². The third-order valence-corrected chi connectivity index (χ3v) is 5.89. The van der Waals surface area contributed by atoms with Crippen LogP contribution in [0.3, 0.4) is 0 Å². The number of hydrogen-bond acceptors (Lipinski definition) is 8. The molecular formula is C18H22N4O5S2. The van der Waals surface area contributed by atoms with Gasteiger partial charge in [-0.15, -0.1) is 0 Å². The Morgan fingerprint density at radius 3 is 2.69 bits per heavy atom. The molecule has 0 saturated carbocycles. The van der Waals surface area contributed by atoms with Crippen molar-refractivity contribution in [1.82, 2.24) is 10.2 Å². The Morgan fingerprint density at radius 2 is 2.10 bits per heavy atom. The van der Waals surface area contributed by atoms with E-state index in [1.54, 1.807) is 6.92 Å². The molecule has 0 spiro atoms. The van der Waals surface area contributed by atoms with E-state index >= 15 is 0 Å². The highest BCUT2D eigenvalue weighted by molar-refractivity contribution is 7.81. The number of nitrogens with zero attached hydrogens (tertiary/aromatic N) is 3. The number of benzene rings is 1. The average molecular weight is 439 g/mol. The van der Waals surface area contributed by atoms with Crippen LogP contribution in [0, 0.1) is 27.4 Å². The highest BCUT2D eigenvalue weighted by Crippen LogP contribution is 2.31. The molecule has 29 heavy (non-hydrogen) atoms. The lowest BCUT2D eigenvalue weighted by molar-refractivity contribution is -0.384. The van der Waals surface area contributed by atoms with E-state index in [2.05, 4.69) is 30.6 Å². The van der Waals surface area contributed by atoms with Crippen LogP contribution in [-0.2, 0) is 16.1 Å². The number of nitro benzene ring substituents is 1. The fourth-order valence-electron chi connectivity index (χ4n) is 3.09. The zero-order valence-corrected chi connectivity index (χ0v) is 17.5. The number of nitrogens with one attached hydrogen (secondary N) is 1. The van der Waals surface area contributed by atoms with E-state index < -0.39 is 22.2 Å². The number of carbonyl (C=O) groups excluding carboxylic acids is 2. The maximum Gasteiger partial charge on any atom is 0.410 e.